The molecular formula is C24H27FN2O2. The Balaban J connectivity index is 1.29. The van der Waals surface area contributed by atoms with Crippen molar-refractivity contribution in [1.29, 1.82) is 0 Å². The van der Waals surface area contributed by atoms with Crippen LogP contribution in [0.2, 0.25) is 0 Å². The molecule has 4 nitrogen and oxygen atoms in total. The molecule has 0 bridgehead atoms. The van der Waals surface area contributed by atoms with E-state index in [0.717, 1.165) is 32.4 Å². The maximum absolute atomic E-state index is 13.9. The van der Waals surface area contributed by atoms with E-state index in [9.17, 15) is 14.0 Å². The second kappa shape index (κ2) is 8.76. The van der Waals surface area contributed by atoms with E-state index in [1.807, 2.05) is 11.0 Å². The monoisotopic (exact) mass is 394 g/mol. The fourth-order valence-corrected chi connectivity index (χ4v) is 4.49. The minimum atomic E-state index is -0.310. The number of hydrogen-bond acceptors (Lipinski definition) is 2. The van der Waals surface area contributed by atoms with E-state index in [1.165, 1.54) is 11.6 Å². The molecular weight excluding hydrogens is 367 g/mol. The fraction of sp³-hybridized carbons (Fsp3) is 0.417. The molecule has 29 heavy (non-hydrogen) atoms. The molecule has 2 aliphatic rings. The SMILES string of the molecule is O=C1CC(C(=O)N2CCC(Cc3ccccc3)CC2)CN1Cc1ccccc1F. The van der Waals surface area contributed by atoms with E-state index in [4.69, 9.17) is 0 Å². The fourth-order valence-electron chi connectivity index (χ4n) is 4.49. The van der Waals surface area contributed by atoms with Crippen molar-refractivity contribution in [1.82, 2.24) is 9.80 Å². The van der Waals surface area contributed by atoms with Gasteiger partial charge >= 0.3 is 0 Å². The van der Waals surface area contributed by atoms with E-state index in [0.29, 0.717) is 18.0 Å². The maximum Gasteiger partial charge on any atom is 0.227 e. The predicted octanol–water partition coefficient (Wildman–Crippen LogP) is 3.66. The van der Waals surface area contributed by atoms with Crippen LogP contribution in [0, 0.1) is 17.7 Å². The zero-order valence-corrected chi connectivity index (χ0v) is 16.6. The summed E-state index contributed by atoms with van der Waals surface area (Å²) in [5, 5.41) is 0. The van der Waals surface area contributed by atoms with Gasteiger partial charge in [-0.1, -0.05) is 48.5 Å². The van der Waals surface area contributed by atoms with Crippen molar-refractivity contribution in [2.75, 3.05) is 19.6 Å². The lowest BCUT2D eigenvalue weighted by atomic mass is 9.89. The minimum absolute atomic E-state index is 0.0643. The Kier molecular flexibility index (Phi) is 5.93. The molecule has 0 N–H and O–H groups in total. The van der Waals surface area contributed by atoms with Crippen molar-refractivity contribution in [3.05, 3.63) is 71.5 Å². The highest BCUT2D eigenvalue weighted by Crippen LogP contribution is 2.27. The normalized spacial score (nSPS) is 20.3. The van der Waals surface area contributed by atoms with Crippen molar-refractivity contribution in [3.63, 3.8) is 0 Å². The Morgan fingerprint density at radius 2 is 1.69 bits per heavy atom. The van der Waals surface area contributed by atoms with Gasteiger partial charge in [-0.2, -0.15) is 0 Å². The van der Waals surface area contributed by atoms with Gasteiger partial charge in [0.2, 0.25) is 11.8 Å². The predicted molar refractivity (Wildman–Crippen MR) is 109 cm³/mol. The van der Waals surface area contributed by atoms with Gasteiger partial charge in [0, 0.05) is 38.2 Å². The number of likely N-dealkylation sites (tertiary alicyclic amines) is 2. The maximum atomic E-state index is 13.9. The van der Waals surface area contributed by atoms with Gasteiger partial charge in [-0.3, -0.25) is 9.59 Å². The molecule has 4 rings (SSSR count). The summed E-state index contributed by atoms with van der Waals surface area (Å²) in [6, 6.07) is 17.0. The van der Waals surface area contributed by atoms with Crippen molar-refractivity contribution in [3.8, 4) is 0 Å². The molecule has 0 spiro atoms. The number of rotatable bonds is 5. The lowest BCUT2D eigenvalue weighted by molar-refractivity contribution is -0.137. The van der Waals surface area contributed by atoms with Gasteiger partial charge in [-0.25, -0.2) is 4.39 Å². The molecule has 2 heterocycles. The van der Waals surface area contributed by atoms with Gasteiger partial charge in [0.1, 0.15) is 5.82 Å². The van der Waals surface area contributed by atoms with Crippen LogP contribution >= 0.6 is 0 Å². The molecule has 0 aliphatic carbocycles. The lowest BCUT2D eigenvalue weighted by Gasteiger charge is -2.33. The molecule has 1 unspecified atom stereocenters. The molecule has 2 aromatic carbocycles. The molecule has 5 heteroatoms. The number of hydrogen-bond donors (Lipinski definition) is 0. The summed E-state index contributed by atoms with van der Waals surface area (Å²) in [4.78, 5) is 28.9. The van der Waals surface area contributed by atoms with Gasteiger partial charge < -0.3 is 9.80 Å². The van der Waals surface area contributed by atoms with Crippen LogP contribution in [0.5, 0.6) is 0 Å². The van der Waals surface area contributed by atoms with Gasteiger partial charge in [-0.05, 0) is 36.8 Å². The Morgan fingerprint density at radius 3 is 2.41 bits per heavy atom. The summed E-state index contributed by atoms with van der Waals surface area (Å²) in [5.41, 5.74) is 1.85. The van der Waals surface area contributed by atoms with Gasteiger partial charge in [0.25, 0.3) is 0 Å². The first-order valence-electron chi connectivity index (χ1n) is 10.4. The Hall–Kier alpha value is -2.69. The van der Waals surface area contributed by atoms with Gasteiger partial charge in [-0.15, -0.1) is 0 Å². The first-order chi connectivity index (χ1) is 14.1. The molecule has 1 atom stereocenters. The number of halogens is 1. The van der Waals surface area contributed by atoms with Crippen LogP contribution in [0.1, 0.15) is 30.4 Å². The van der Waals surface area contributed by atoms with Crippen LogP contribution in [0.4, 0.5) is 4.39 Å². The molecule has 2 saturated heterocycles. The molecule has 152 valence electrons. The van der Waals surface area contributed by atoms with Crippen molar-refractivity contribution >= 4 is 11.8 Å². The van der Waals surface area contributed by atoms with Crippen LogP contribution in [-0.2, 0) is 22.6 Å². The third-order valence-corrected chi connectivity index (χ3v) is 6.18. The van der Waals surface area contributed by atoms with E-state index in [2.05, 4.69) is 24.3 Å². The quantitative estimate of drug-likeness (QED) is 0.777. The van der Waals surface area contributed by atoms with Gasteiger partial charge in [0.15, 0.2) is 0 Å². The van der Waals surface area contributed by atoms with Crippen LogP contribution in [0.3, 0.4) is 0 Å². The largest absolute Gasteiger partial charge is 0.342 e. The number of carbonyl (C=O) groups is 2. The third kappa shape index (κ3) is 4.66. The highest BCUT2D eigenvalue weighted by atomic mass is 19.1. The number of amides is 2. The Morgan fingerprint density at radius 1 is 1.00 bits per heavy atom. The number of benzene rings is 2. The standard InChI is InChI=1S/C24H27FN2O2/c25-22-9-5-4-8-20(22)16-27-17-21(15-23(27)28)24(29)26-12-10-19(11-13-26)14-18-6-2-1-3-7-18/h1-9,19,21H,10-17H2. The van der Waals surface area contributed by atoms with Gasteiger partial charge in [0.05, 0.1) is 5.92 Å². The molecule has 2 amide bonds. The topological polar surface area (TPSA) is 40.6 Å². The zero-order chi connectivity index (χ0) is 20.2. The highest BCUT2D eigenvalue weighted by Gasteiger charge is 2.37. The first-order valence-corrected chi connectivity index (χ1v) is 10.4. The van der Waals surface area contributed by atoms with Crippen molar-refractivity contribution in [2.24, 2.45) is 11.8 Å². The molecule has 2 aromatic rings. The van der Waals surface area contributed by atoms with E-state index in [-0.39, 0.29) is 36.5 Å². The van der Waals surface area contributed by atoms with Crippen LogP contribution in [0.25, 0.3) is 0 Å². The average molecular weight is 394 g/mol. The summed E-state index contributed by atoms with van der Waals surface area (Å²) < 4.78 is 13.9. The van der Waals surface area contributed by atoms with Crippen LogP contribution in [-0.4, -0.2) is 41.2 Å². The third-order valence-electron chi connectivity index (χ3n) is 6.18. The number of nitrogens with zero attached hydrogens (tertiary/aromatic N) is 2. The van der Waals surface area contributed by atoms with E-state index in [1.54, 1.807) is 23.1 Å². The number of piperidine rings is 1. The summed E-state index contributed by atoms with van der Waals surface area (Å²) >= 11 is 0. The van der Waals surface area contributed by atoms with E-state index >= 15 is 0 Å². The van der Waals surface area contributed by atoms with Crippen molar-refractivity contribution < 1.29 is 14.0 Å². The Bertz CT molecular complexity index is 862. The second-order valence-corrected chi connectivity index (χ2v) is 8.23. The Labute approximate surface area is 171 Å². The molecule has 0 radical (unpaired) electrons. The summed E-state index contributed by atoms with van der Waals surface area (Å²) in [5.74, 6) is -0.00200. The second-order valence-electron chi connectivity index (χ2n) is 8.23. The minimum Gasteiger partial charge on any atom is -0.342 e. The molecule has 0 saturated carbocycles. The summed E-state index contributed by atoms with van der Waals surface area (Å²) in [6.45, 7) is 2.13. The number of carbonyl (C=O) groups excluding carboxylic acids is 2. The first kappa shape index (κ1) is 19.6. The smallest absolute Gasteiger partial charge is 0.227 e. The molecule has 2 aliphatic heterocycles. The average Bonchev–Trinajstić information content (AvgIpc) is 3.11. The molecule has 2 fully saturated rings. The lowest BCUT2D eigenvalue weighted by Crippen LogP contribution is -2.42. The van der Waals surface area contributed by atoms with Crippen LogP contribution in [0.15, 0.2) is 54.6 Å². The zero-order valence-electron chi connectivity index (χ0n) is 16.6. The molecule has 0 aromatic heterocycles. The summed E-state index contributed by atoms with van der Waals surface area (Å²) in [6.07, 6.45) is 3.29. The van der Waals surface area contributed by atoms with Crippen molar-refractivity contribution in [2.45, 2.75) is 32.2 Å². The highest BCUT2D eigenvalue weighted by molar-refractivity contribution is 5.89. The van der Waals surface area contributed by atoms with E-state index < -0.39 is 0 Å². The summed E-state index contributed by atoms with van der Waals surface area (Å²) in [7, 11) is 0. The van der Waals surface area contributed by atoms with Crippen LogP contribution < -0.4 is 0 Å².